The van der Waals surface area contributed by atoms with Crippen LogP contribution in [0.2, 0.25) is 0 Å². The van der Waals surface area contributed by atoms with Crippen LogP contribution in [0.5, 0.6) is 0 Å². The molecule has 0 amide bonds. The van der Waals surface area contributed by atoms with E-state index in [1.54, 1.807) is 0 Å². The number of nitrogens with zero attached hydrogens (tertiary/aromatic N) is 1. The minimum absolute atomic E-state index is 0.172. The zero-order chi connectivity index (χ0) is 11.3. The van der Waals surface area contributed by atoms with Gasteiger partial charge in [0.05, 0.1) is 5.69 Å². The smallest absolute Gasteiger partial charge is 0.0627 e. The summed E-state index contributed by atoms with van der Waals surface area (Å²) in [5.41, 5.74) is 2.38. The molecule has 0 saturated carbocycles. The number of aromatic nitrogens is 1. The zero-order valence-corrected chi connectivity index (χ0v) is 10.0. The van der Waals surface area contributed by atoms with E-state index in [0.29, 0.717) is 0 Å². The fraction of sp³-hybridized carbons (Fsp3) is 0.462. The molecule has 0 aliphatic heterocycles. The van der Waals surface area contributed by atoms with Crippen molar-refractivity contribution in [3.8, 4) is 0 Å². The van der Waals surface area contributed by atoms with Crippen LogP contribution < -0.4 is 5.32 Å². The first-order chi connectivity index (χ1) is 6.97. The van der Waals surface area contributed by atoms with E-state index < -0.39 is 0 Å². The van der Waals surface area contributed by atoms with Crippen LogP contribution in [0.4, 0.5) is 0 Å². The van der Waals surface area contributed by atoms with Gasteiger partial charge in [-0.3, -0.25) is 4.98 Å². The summed E-state index contributed by atoms with van der Waals surface area (Å²) in [5, 5.41) is 3.39. The van der Waals surface area contributed by atoms with E-state index in [4.69, 9.17) is 0 Å². The summed E-state index contributed by atoms with van der Waals surface area (Å²) in [6.45, 7) is 9.39. The van der Waals surface area contributed by atoms with Crippen molar-refractivity contribution < 1.29 is 0 Å². The summed E-state index contributed by atoms with van der Waals surface area (Å²) < 4.78 is 0. The van der Waals surface area contributed by atoms with E-state index in [2.05, 4.69) is 43.2 Å². The average Bonchev–Trinajstić information content (AvgIpc) is 2.14. The quantitative estimate of drug-likeness (QED) is 0.819. The minimum Gasteiger partial charge on any atom is -0.309 e. The SMILES string of the molecule is Cc1ccc(/C=C/CNC(C)(C)C)nc1. The molecule has 2 nitrogen and oxygen atoms in total. The molecule has 0 spiro atoms. The van der Waals surface area contributed by atoms with Crippen molar-refractivity contribution >= 4 is 6.08 Å². The van der Waals surface area contributed by atoms with Crippen LogP contribution >= 0.6 is 0 Å². The molecule has 0 aliphatic rings. The van der Waals surface area contributed by atoms with Crippen LogP contribution in [0, 0.1) is 6.92 Å². The molecule has 1 rings (SSSR count). The zero-order valence-electron chi connectivity index (χ0n) is 10.0. The number of hydrogen-bond donors (Lipinski definition) is 1. The molecule has 1 aromatic heterocycles. The molecule has 15 heavy (non-hydrogen) atoms. The monoisotopic (exact) mass is 204 g/mol. The Morgan fingerprint density at radius 3 is 2.60 bits per heavy atom. The van der Waals surface area contributed by atoms with E-state index in [-0.39, 0.29) is 5.54 Å². The van der Waals surface area contributed by atoms with Crippen molar-refractivity contribution in [3.63, 3.8) is 0 Å². The number of pyridine rings is 1. The Labute approximate surface area is 92.4 Å². The van der Waals surface area contributed by atoms with E-state index in [9.17, 15) is 0 Å². The van der Waals surface area contributed by atoms with Crippen molar-refractivity contribution in [2.45, 2.75) is 33.2 Å². The van der Waals surface area contributed by atoms with Crippen LogP contribution in [0.25, 0.3) is 6.08 Å². The summed E-state index contributed by atoms with van der Waals surface area (Å²) in [4.78, 5) is 4.30. The summed E-state index contributed by atoms with van der Waals surface area (Å²) in [7, 11) is 0. The lowest BCUT2D eigenvalue weighted by Crippen LogP contribution is -2.35. The summed E-state index contributed by atoms with van der Waals surface area (Å²) in [6.07, 6.45) is 6.03. The molecular weight excluding hydrogens is 184 g/mol. The molecule has 0 atom stereocenters. The second-order valence-electron chi connectivity index (χ2n) is 4.79. The van der Waals surface area contributed by atoms with Gasteiger partial charge in [-0.2, -0.15) is 0 Å². The van der Waals surface area contributed by atoms with Crippen molar-refractivity contribution in [1.29, 1.82) is 0 Å². The maximum Gasteiger partial charge on any atom is 0.0627 e. The lowest BCUT2D eigenvalue weighted by Gasteiger charge is -2.18. The van der Waals surface area contributed by atoms with E-state index >= 15 is 0 Å². The van der Waals surface area contributed by atoms with Gasteiger partial charge in [0.25, 0.3) is 0 Å². The van der Waals surface area contributed by atoms with Gasteiger partial charge in [0.2, 0.25) is 0 Å². The third-order valence-corrected chi connectivity index (χ3v) is 1.97. The molecule has 1 aromatic rings. The van der Waals surface area contributed by atoms with Gasteiger partial charge < -0.3 is 5.32 Å². The summed E-state index contributed by atoms with van der Waals surface area (Å²) in [5.74, 6) is 0. The molecule has 1 heterocycles. The lowest BCUT2D eigenvalue weighted by molar-refractivity contribution is 0.450. The topological polar surface area (TPSA) is 24.9 Å². The normalized spacial score (nSPS) is 12.3. The molecule has 2 heteroatoms. The molecule has 82 valence electrons. The van der Waals surface area contributed by atoms with Gasteiger partial charge in [-0.15, -0.1) is 0 Å². The Hall–Kier alpha value is -1.15. The standard InChI is InChI=1S/C13H20N2/c1-11-7-8-12(14-10-11)6-5-9-15-13(2,3)4/h5-8,10,15H,9H2,1-4H3/b6-5+. The average molecular weight is 204 g/mol. The predicted octanol–water partition coefficient (Wildman–Crippen LogP) is 2.79. The predicted molar refractivity (Wildman–Crippen MR) is 65.8 cm³/mol. The highest BCUT2D eigenvalue weighted by Gasteiger charge is 2.05. The molecule has 1 N–H and O–H groups in total. The third kappa shape index (κ3) is 5.33. The van der Waals surface area contributed by atoms with Crippen LogP contribution in [0.3, 0.4) is 0 Å². The van der Waals surface area contributed by atoms with Gasteiger partial charge in [-0.25, -0.2) is 0 Å². The number of nitrogens with one attached hydrogen (secondary N) is 1. The first-order valence-electron chi connectivity index (χ1n) is 5.31. The van der Waals surface area contributed by atoms with Crippen LogP contribution in [0.15, 0.2) is 24.4 Å². The largest absolute Gasteiger partial charge is 0.309 e. The van der Waals surface area contributed by atoms with Gasteiger partial charge in [-0.05, 0) is 45.4 Å². The van der Waals surface area contributed by atoms with Gasteiger partial charge in [0, 0.05) is 18.3 Å². The van der Waals surface area contributed by atoms with Gasteiger partial charge in [0.1, 0.15) is 0 Å². The molecule has 0 unspecified atom stereocenters. The van der Waals surface area contributed by atoms with Gasteiger partial charge in [-0.1, -0.05) is 12.1 Å². The summed E-state index contributed by atoms with van der Waals surface area (Å²) >= 11 is 0. The van der Waals surface area contributed by atoms with Crippen molar-refractivity contribution in [3.05, 3.63) is 35.7 Å². The fourth-order valence-electron chi connectivity index (χ4n) is 1.12. The molecule has 0 aromatic carbocycles. The Balaban J connectivity index is 2.42. The van der Waals surface area contributed by atoms with E-state index in [0.717, 1.165) is 12.2 Å². The lowest BCUT2D eigenvalue weighted by atomic mass is 10.1. The second-order valence-corrected chi connectivity index (χ2v) is 4.79. The van der Waals surface area contributed by atoms with Crippen molar-refractivity contribution in [2.24, 2.45) is 0 Å². The molecule has 0 fully saturated rings. The number of hydrogen-bond acceptors (Lipinski definition) is 2. The van der Waals surface area contributed by atoms with Crippen LogP contribution in [0.1, 0.15) is 32.0 Å². The molecule has 0 bridgehead atoms. The highest BCUT2D eigenvalue weighted by Crippen LogP contribution is 2.01. The first kappa shape index (κ1) is 11.9. The Morgan fingerprint density at radius 2 is 2.07 bits per heavy atom. The van der Waals surface area contributed by atoms with Crippen molar-refractivity contribution in [2.75, 3.05) is 6.54 Å². The van der Waals surface area contributed by atoms with Crippen LogP contribution in [-0.2, 0) is 0 Å². The van der Waals surface area contributed by atoms with Gasteiger partial charge in [0.15, 0.2) is 0 Å². The number of rotatable bonds is 3. The number of aryl methyl sites for hydroxylation is 1. The second kappa shape index (κ2) is 5.08. The Morgan fingerprint density at radius 1 is 1.33 bits per heavy atom. The first-order valence-corrected chi connectivity index (χ1v) is 5.31. The molecule has 0 radical (unpaired) electrons. The summed E-state index contributed by atoms with van der Waals surface area (Å²) in [6, 6.07) is 4.10. The Bertz CT molecular complexity index is 317. The molecule has 0 saturated heterocycles. The molecular formula is C13H20N2. The fourth-order valence-corrected chi connectivity index (χ4v) is 1.12. The Kier molecular flexibility index (Phi) is 4.04. The third-order valence-electron chi connectivity index (χ3n) is 1.97. The highest BCUT2D eigenvalue weighted by molar-refractivity contribution is 5.44. The van der Waals surface area contributed by atoms with E-state index in [1.165, 1.54) is 5.56 Å². The minimum atomic E-state index is 0.172. The molecule has 0 aliphatic carbocycles. The van der Waals surface area contributed by atoms with Crippen molar-refractivity contribution in [1.82, 2.24) is 10.3 Å². The maximum atomic E-state index is 4.30. The maximum absolute atomic E-state index is 4.30. The van der Waals surface area contributed by atoms with Crippen LogP contribution in [-0.4, -0.2) is 17.1 Å². The van der Waals surface area contributed by atoms with E-state index in [1.807, 2.05) is 25.3 Å². The van der Waals surface area contributed by atoms with Gasteiger partial charge >= 0.3 is 0 Å². The highest BCUT2D eigenvalue weighted by atomic mass is 14.9.